The van der Waals surface area contributed by atoms with Gasteiger partial charge in [0.2, 0.25) is 0 Å². The van der Waals surface area contributed by atoms with Gasteiger partial charge < -0.3 is 5.32 Å². The summed E-state index contributed by atoms with van der Waals surface area (Å²) in [6, 6.07) is 9.56. The third-order valence-electron chi connectivity index (χ3n) is 5.66. The van der Waals surface area contributed by atoms with Gasteiger partial charge in [0.15, 0.2) is 0 Å². The van der Waals surface area contributed by atoms with Crippen molar-refractivity contribution in [3.05, 3.63) is 71.4 Å². The van der Waals surface area contributed by atoms with Gasteiger partial charge in [-0.2, -0.15) is 23.4 Å². The Balaban J connectivity index is 1.45. The SMILES string of the molecule is Cn1nc2ccccc2c1C(=O)N[C@@H]1CCCc2nn(-c3ccnc(C(F)(F)F)c3)cc21. The minimum Gasteiger partial charge on any atom is -0.344 e. The molecular weight excluding hydrogens is 421 g/mol. The first-order valence-electron chi connectivity index (χ1n) is 10.2. The smallest absolute Gasteiger partial charge is 0.344 e. The molecule has 0 unspecified atom stereocenters. The number of amides is 1. The molecule has 0 spiro atoms. The van der Waals surface area contributed by atoms with Gasteiger partial charge in [0, 0.05) is 30.4 Å². The molecule has 0 bridgehead atoms. The molecule has 1 atom stereocenters. The molecule has 0 saturated heterocycles. The number of carbonyl (C=O) groups excluding carboxylic acids is 1. The van der Waals surface area contributed by atoms with E-state index in [0.717, 1.165) is 40.8 Å². The number of pyridine rings is 1. The number of benzene rings is 1. The van der Waals surface area contributed by atoms with Crippen LogP contribution in [0.1, 0.15) is 46.3 Å². The van der Waals surface area contributed by atoms with Crippen molar-refractivity contribution in [3.8, 4) is 5.69 Å². The first-order valence-corrected chi connectivity index (χ1v) is 10.2. The largest absolute Gasteiger partial charge is 0.433 e. The van der Waals surface area contributed by atoms with Gasteiger partial charge in [-0.1, -0.05) is 18.2 Å². The molecule has 1 aromatic carbocycles. The molecule has 5 rings (SSSR count). The predicted octanol–water partition coefficient (Wildman–Crippen LogP) is 3.98. The molecule has 1 aliphatic rings. The number of hydrogen-bond acceptors (Lipinski definition) is 4. The summed E-state index contributed by atoms with van der Waals surface area (Å²) in [6.07, 6.45) is 0.489. The first-order chi connectivity index (χ1) is 15.3. The number of nitrogens with zero attached hydrogens (tertiary/aromatic N) is 5. The number of aryl methyl sites for hydroxylation is 2. The lowest BCUT2D eigenvalue weighted by Gasteiger charge is -2.22. The minimum absolute atomic E-state index is 0.255. The van der Waals surface area contributed by atoms with E-state index in [9.17, 15) is 18.0 Å². The topological polar surface area (TPSA) is 77.6 Å². The molecule has 10 heteroatoms. The van der Waals surface area contributed by atoms with Gasteiger partial charge in [0.25, 0.3) is 5.91 Å². The van der Waals surface area contributed by atoms with Gasteiger partial charge in [0.1, 0.15) is 11.4 Å². The Hall–Kier alpha value is -3.69. The minimum atomic E-state index is -4.54. The number of fused-ring (bicyclic) bond motifs is 2. The highest BCUT2D eigenvalue weighted by molar-refractivity contribution is 6.05. The molecule has 0 aliphatic heterocycles. The average Bonchev–Trinajstić information content (AvgIpc) is 3.34. The van der Waals surface area contributed by atoms with Crippen molar-refractivity contribution < 1.29 is 18.0 Å². The maximum absolute atomic E-state index is 13.1. The Labute approximate surface area is 180 Å². The standard InChI is InChI=1S/C22H19F3N6O/c1-30-20(14-5-2-3-6-17(14)28-30)21(32)27-16-7-4-8-18-15(16)12-31(29-18)13-9-10-26-19(11-13)22(23,24)25/h2-3,5-6,9-12,16H,4,7-8H2,1H3,(H,27,32)/t16-/m1/s1. The van der Waals surface area contributed by atoms with Crippen LogP contribution >= 0.6 is 0 Å². The summed E-state index contributed by atoms with van der Waals surface area (Å²) in [5, 5.41) is 12.7. The highest BCUT2D eigenvalue weighted by Gasteiger charge is 2.33. The highest BCUT2D eigenvalue weighted by Crippen LogP contribution is 2.32. The zero-order chi connectivity index (χ0) is 22.5. The summed E-state index contributed by atoms with van der Waals surface area (Å²) in [5.74, 6) is -0.255. The summed E-state index contributed by atoms with van der Waals surface area (Å²) in [6.45, 7) is 0. The summed E-state index contributed by atoms with van der Waals surface area (Å²) in [4.78, 5) is 16.5. The first kappa shape index (κ1) is 20.2. The fraction of sp³-hybridized carbons (Fsp3) is 0.273. The van der Waals surface area contributed by atoms with E-state index in [1.807, 2.05) is 24.3 Å². The molecule has 32 heavy (non-hydrogen) atoms. The maximum Gasteiger partial charge on any atom is 0.433 e. The molecule has 1 N–H and O–H groups in total. The van der Waals surface area contributed by atoms with Crippen molar-refractivity contribution in [2.45, 2.75) is 31.5 Å². The normalized spacial score (nSPS) is 16.2. The lowest BCUT2D eigenvalue weighted by Crippen LogP contribution is -2.32. The van der Waals surface area contributed by atoms with E-state index in [1.165, 1.54) is 10.7 Å². The third kappa shape index (κ3) is 3.51. The van der Waals surface area contributed by atoms with Crippen LogP contribution in [-0.2, 0) is 19.6 Å². The van der Waals surface area contributed by atoms with Crippen LogP contribution in [0.25, 0.3) is 16.6 Å². The van der Waals surface area contributed by atoms with Crippen molar-refractivity contribution >= 4 is 16.8 Å². The molecule has 7 nitrogen and oxygen atoms in total. The van der Waals surface area contributed by atoms with E-state index >= 15 is 0 Å². The molecule has 1 aliphatic carbocycles. The molecule has 3 aromatic heterocycles. The maximum atomic E-state index is 13.1. The second-order valence-corrected chi connectivity index (χ2v) is 7.78. The van der Waals surface area contributed by atoms with E-state index < -0.39 is 11.9 Å². The summed E-state index contributed by atoms with van der Waals surface area (Å²) >= 11 is 0. The second-order valence-electron chi connectivity index (χ2n) is 7.78. The number of halogens is 3. The lowest BCUT2D eigenvalue weighted by molar-refractivity contribution is -0.141. The Morgan fingerprint density at radius 1 is 1.19 bits per heavy atom. The van der Waals surface area contributed by atoms with Gasteiger partial charge >= 0.3 is 6.18 Å². The summed E-state index contributed by atoms with van der Waals surface area (Å²) in [5.41, 5.74) is 2.06. The molecule has 0 fully saturated rings. The number of rotatable bonds is 3. The molecule has 3 heterocycles. The Morgan fingerprint density at radius 3 is 2.81 bits per heavy atom. The van der Waals surface area contributed by atoms with Gasteiger partial charge in [0.05, 0.1) is 22.9 Å². The van der Waals surface area contributed by atoms with Crippen LogP contribution in [0.15, 0.2) is 48.8 Å². The van der Waals surface area contributed by atoms with E-state index in [2.05, 4.69) is 20.5 Å². The van der Waals surface area contributed by atoms with Crippen LogP contribution in [0.4, 0.5) is 13.2 Å². The van der Waals surface area contributed by atoms with E-state index in [0.29, 0.717) is 18.5 Å². The Morgan fingerprint density at radius 2 is 2.00 bits per heavy atom. The van der Waals surface area contributed by atoms with E-state index in [-0.39, 0.29) is 17.6 Å². The predicted molar refractivity (Wildman–Crippen MR) is 110 cm³/mol. The number of aromatic nitrogens is 5. The van der Waals surface area contributed by atoms with Crippen molar-refractivity contribution in [2.75, 3.05) is 0 Å². The fourth-order valence-corrected chi connectivity index (χ4v) is 4.18. The van der Waals surface area contributed by atoms with Gasteiger partial charge in [-0.25, -0.2) is 4.68 Å². The molecule has 4 aromatic rings. The van der Waals surface area contributed by atoms with Crippen LogP contribution in [0, 0.1) is 0 Å². The molecule has 1 amide bonds. The average molecular weight is 440 g/mol. The van der Waals surface area contributed by atoms with Gasteiger partial charge in [-0.15, -0.1) is 0 Å². The van der Waals surface area contributed by atoms with Crippen LogP contribution in [0.3, 0.4) is 0 Å². The Kier molecular flexibility index (Phi) is 4.72. The second kappa shape index (κ2) is 7.47. The zero-order valence-electron chi connectivity index (χ0n) is 17.1. The Bertz CT molecular complexity index is 1320. The van der Waals surface area contributed by atoms with Gasteiger partial charge in [-0.3, -0.25) is 14.5 Å². The molecular formula is C22H19F3N6O. The van der Waals surface area contributed by atoms with Crippen molar-refractivity contribution in [2.24, 2.45) is 7.05 Å². The van der Waals surface area contributed by atoms with Crippen LogP contribution in [0.5, 0.6) is 0 Å². The molecule has 164 valence electrons. The number of carbonyl (C=O) groups is 1. The van der Waals surface area contributed by atoms with Crippen molar-refractivity contribution in [1.82, 2.24) is 29.9 Å². The zero-order valence-corrected chi connectivity index (χ0v) is 17.1. The van der Waals surface area contributed by atoms with Gasteiger partial charge in [-0.05, 0) is 37.5 Å². The highest BCUT2D eigenvalue weighted by atomic mass is 19.4. The fourth-order valence-electron chi connectivity index (χ4n) is 4.18. The number of hydrogen-bond donors (Lipinski definition) is 1. The van der Waals surface area contributed by atoms with Crippen LogP contribution in [0.2, 0.25) is 0 Å². The molecule has 0 saturated carbocycles. The van der Waals surface area contributed by atoms with Crippen molar-refractivity contribution in [1.29, 1.82) is 0 Å². The van der Waals surface area contributed by atoms with E-state index in [1.54, 1.807) is 17.9 Å². The quantitative estimate of drug-likeness (QED) is 0.523. The number of nitrogens with one attached hydrogen (secondary N) is 1. The van der Waals surface area contributed by atoms with Crippen LogP contribution < -0.4 is 5.32 Å². The summed E-state index contributed by atoms with van der Waals surface area (Å²) in [7, 11) is 1.72. The van der Waals surface area contributed by atoms with Crippen molar-refractivity contribution in [3.63, 3.8) is 0 Å². The lowest BCUT2D eigenvalue weighted by atomic mass is 9.93. The van der Waals surface area contributed by atoms with E-state index in [4.69, 9.17) is 0 Å². The summed E-state index contributed by atoms with van der Waals surface area (Å²) < 4.78 is 42.1. The third-order valence-corrected chi connectivity index (χ3v) is 5.66. The monoisotopic (exact) mass is 440 g/mol. The number of alkyl halides is 3. The molecule has 0 radical (unpaired) electrons. The van der Waals surface area contributed by atoms with Crippen LogP contribution in [-0.4, -0.2) is 30.5 Å².